The molecule has 0 aliphatic heterocycles. The van der Waals surface area contributed by atoms with Crippen LogP contribution in [0.3, 0.4) is 0 Å². The Hall–Kier alpha value is -1.22. The summed E-state index contributed by atoms with van der Waals surface area (Å²) in [6, 6.07) is 6.14. The summed E-state index contributed by atoms with van der Waals surface area (Å²) < 4.78 is 10.8. The third kappa shape index (κ3) is 2.55. The van der Waals surface area contributed by atoms with E-state index in [0.29, 0.717) is 12.5 Å². The van der Waals surface area contributed by atoms with Crippen molar-refractivity contribution >= 4 is 0 Å². The van der Waals surface area contributed by atoms with E-state index in [1.807, 2.05) is 25.1 Å². The minimum Gasteiger partial charge on any atom is -0.493 e. The largest absolute Gasteiger partial charge is 0.493 e. The highest BCUT2D eigenvalue weighted by atomic mass is 16.5. The van der Waals surface area contributed by atoms with E-state index in [9.17, 15) is 0 Å². The van der Waals surface area contributed by atoms with Gasteiger partial charge in [0.15, 0.2) is 11.5 Å². The lowest BCUT2D eigenvalue weighted by molar-refractivity contribution is 0.262. The van der Waals surface area contributed by atoms with E-state index in [2.05, 4.69) is 0 Å². The summed E-state index contributed by atoms with van der Waals surface area (Å²) in [5.74, 6) is 2.21. The van der Waals surface area contributed by atoms with Crippen molar-refractivity contribution < 1.29 is 9.47 Å². The van der Waals surface area contributed by atoms with Crippen LogP contribution in [0.15, 0.2) is 18.2 Å². The summed E-state index contributed by atoms with van der Waals surface area (Å²) in [5.41, 5.74) is 7.41. The van der Waals surface area contributed by atoms with Crippen molar-refractivity contribution in [1.82, 2.24) is 0 Å². The van der Waals surface area contributed by atoms with E-state index in [1.54, 1.807) is 7.11 Å². The summed E-state index contributed by atoms with van der Waals surface area (Å²) in [7, 11) is 1.66. The van der Waals surface area contributed by atoms with Gasteiger partial charge in [0.25, 0.3) is 0 Å². The summed E-state index contributed by atoms with van der Waals surface area (Å²) in [4.78, 5) is 0. The highest BCUT2D eigenvalue weighted by molar-refractivity contribution is 5.44. The molecule has 1 aliphatic rings. The van der Waals surface area contributed by atoms with Crippen LogP contribution in [0, 0.1) is 5.92 Å². The number of hydrogen-bond donors (Lipinski definition) is 1. The molecule has 1 aromatic rings. The van der Waals surface area contributed by atoms with Gasteiger partial charge in [0.1, 0.15) is 0 Å². The lowest BCUT2D eigenvalue weighted by atomic mass is 9.77. The smallest absolute Gasteiger partial charge is 0.161 e. The fourth-order valence-electron chi connectivity index (χ4n) is 2.24. The molecule has 0 amide bonds. The molecule has 2 N–H and O–H groups in total. The third-order valence-corrected chi connectivity index (χ3v) is 3.53. The predicted octanol–water partition coefficient (Wildman–Crippen LogP) is 2.89. The van der Waals surface area contributed by atoms with Gasteiger partial charge in [-0.2, -0.15) is 0 Å². The second-order valence-electron chi connectivity index (χ2n) is 4.56. The first kappa shape index (κ1) is 12.2. The third-order valence-electron chi connectivity index (χ3n) is 3.53. The summed E-state index contributed by atoms with van der Waals surface area (Å²) >= 11 is 0. The molecule has 1 atom stereocenters. The number of rotatable bonds is 5. The Kier molecular flexibility index (Phi) is 3.89. The van der Waals surface area contributed by atoms with Crippen LogP contribution in [0.25, 0.3) is 0 Å². The average Bonchev–Trinajstić information content (AvgIpc) is 2.27. The number of benzene rings is 1. The SMILES string of the molecule is CCOc1cc([C@H](N)C2CCC2)ccc1OC. The summed E-state index contributed by atoms with van der Waals surface area (Å²) in [5, 5.41) is 0. The van der Waals surface area contributed by atoms with Crippen LogP contribution in [0.1, 0.15) is 37.8 Å². The lowest BCUT2D eigenvalue weighted by Gasteiger charge is -2.31. The number of nitrogens with two attached hydrogens (primary N) is 1. The zero-order chi connectivity index (χ0) is 12.3. The van der Waals surface area contributed by atoms with E-state index in [-0.39, 0.29) is 6.04 Å². The Morgan fingerprint density at radius 3 is 2.65 bits per heavy atom. The molecule has 1 fully saturated rings. The Balaban J connectivity index is 2.19. The van der Waals surface area contributed by atoms with Crippen molar-refractivity contribution in [2.45, 2.75) is 32.2 Å². The first-order valence-corrected chi connectivity index (χ1v) is 6.32. The minimum absolute atomic E-state index is 0.133. The van der Waals surface area contributed by atoms with Gasteiger partial charge in [-0.3, -0.25) is 0 Å². The molecule has 3 nitrogen and oxygen atoms in total. The van der Waals surface area contributed by atoms with Gasteiger partial charge in [0, 0.05) is 6.04 Å². The summed E-state index contributed by atoms with van der Waals surface area (Å²) in [6.45, 7) is 2.61. The molecule has 1 saturated carbocycles. The fraction of sp³-hybridized carbons (Fsp3) is 0.571. The van der Waals surface area contributed by atoms with E-state index >= 15 is 0 Å². The maximum absolute atomic E-state index is 6.26. The second kappa shape index (κ2) is 5.41. The Labute approximate surface area is 103 Å². The Bertz CT molecular complexity index is 374. The topological polar surface area (TPSA) is 44.5 Å². The van der Waals surface area contributed by atoms with Gasteiger partial charge < -0.3 is 15.2 Å². The molecule has 3 heteroatoms. The molecule has 94 valence electrons. The summed E-state index contributed by atoms with van der Waals surface area (Å²) in [6.07, 6.45) is 3.81. The van der Waals surface area contributed by atoms with Crippen molar-refractivity contribution in [3.05, 3.63) is 23.8 Å². The van der Waals surface area contributed by atoms with Crippen LogP contribution in [0.2, 0.25) is 0 Å². The van der Waals surface area contributed by atoms with E-state index in [1.165, 1.54) is 19.3 Å². The molecule has 0 spiro atoms. The number of methoxy groups -OCH3 is 1. The molecule has 0 saturated heterocycles. The van der Waals surface area contributed by atoms with Crippen LogP contribution in [0.5, 0.6) is 11.5 Å². The highest BCUT2D eigenvalue weighted by Gasteiger charge is 2.26. The molecular formula is C14H21NO2. The van der Waals surface area contributed by atoms with Crippen LogP contribution in [0.4, 0.5) is 0 Å². The fourth-order valence-corrected chi connectivity index (χ4v) is 2.24. The van der Waals surface area contributed by atoms with Gasteiger partial charge in [-0.1, -0.05) is 12.5 Å². The number of ether oxygens (including phenoxy) is 2. The van der Waals surface area contributed by atoms with Crippen molar-refractivity contribution in [3.63, 3.8) is 0 Å². The monoisotopic (exact) mass is 235 g/mol. The average molecular weight is 235 g/mol. The van der Waals surface area contributed by atoms with Gasteiger partial charge in [0.2, 0.25) is 0 Å². The van der Waals surface area contributed by atoms with Gasteiger partial charge in [-0.05, 0) is 43.4 Å². The molecule has 0 heterocycles. The first-order valence-electron chi connectivity index (χ1n) is 6.32. The normalized spacial score (nSPS) is 17.4. The molecule has 1 aromatic carbocycles. The van der Waals surface area contributed by atoms with Gasteiger partial charge in [-0.15, -0.1) is 0 Å². The maximum Gasteiger partial charge on any atom is 0.161 e. The van der Waals surface area contributed by atoms with Crippen molar-refractivity contribution in [2.75, 3.05) is 13.7 Å². The van der Waals surface area contributed by atoms with Crippen LogP contribution in [-0.2, 0) is 0 Å². The zero-order valence-corrected chi connectivity index (χ0v) is 10.6. The first-order chi connectivity index (χ1) is 8.26. The second-order valence-corrected chi connectivity index (χ2v) is 4.56. The molecule has 0 radical (unpaired) electrons. The van der Waals surface area contributed by atoms with Gasteiger partial charge in [0.05, 0.1) is 13.7 Å². The molecule has 0 unspecified atom stereocenters. The highest BCUT2D eigenvalue weighted by Crippen LogP contribution is 2.38. The van der Waals surface area contributed by atoms with Gasteiger partial charge in [-0.25, -0.2) is 0 Å². The number of hydrogen-bond acceptors (Lipinski definition) is 3. The van der Waals surface area contributed by atoms with Crippen molar-refractivity contribution in [3.8, 4) is 11.5 Å². The van der Waals surface area contributed by atoms with E-state index in [0.717, 1.165) is 17.1 Å². The zero-order valence-electron chi connectivity index (χ0n) is 10.6. The van der Waals surface area contributed by atoms with Gasteiger partial charge >= 0.3 is 0 Å². The molecule has 1 aliphatic carbocycles. The maximum atomic E-state index is 6.26. The van der Waals surface area contributed by atoms with Crippen LogP contribution < -0.4 is 15.2 Å². The minimum atomic E-state index is 0.133. The van der Waals surface area contributed by atoms with E-state index < -0.39 is 0 Å². The van der Waals surface area contributed by atoms with Crippen LogP contribution in [-0.4, -0.2) is 13.7 Å². The van der Waals surface area contributed by atoms with Crippen LogP contribution >= 0.6 is 0 Å². The Morgan fingerprint density at radius 1 is 1.35 bits per heavy atom. The molecular weight excluding hydrogens is 214 g/mol. The van der Waals surface area contributed by atoms with Crippen molar-refractivity contribution in [1.29, 1.82) is 0 Å². The lowest BCUT2D eigenvalue weighted by Crippen LogP contribution is -2.26. The van der Waals surface area contributed by atoms with Crippen molar-refractivity contribution in [2.24, 2.45) is 11.7 Å². The molecule has 17 heavy (non-hydrogen) atoms. The predicted molar refractivity (Wildman–Crippen MR) is 68.4 cm³/mol. The Morgan fingerprint density at radius 2 is 2.12 bits per heavy atom. The molecule has 2 rings (SSSR count). The molecule has 0 aromatic heterocycles. The van der Waals surface area contributed by atoms with E-state index in [4.69, 9.17) is 15.2 Å². The standard InChI is InChI=1S/C14H21NO2/c1-3-17-13-9-11(7-8-12(13)16-2)14(15)10-5-4-6-10/h7-10,14H,3-6,15H2,1-2H3/t14-/m1/s1. The quantitative estimate of drug-likeness (QED) is 0.853. The molecule has 0 bridgehead atoms.